The fraction of sp³-hybridized carbons (Fsp3) is 0.400. The Kier molecular flexibility index (Phi) is 4.64. The third-order valence-corrected chi connectivity index (χ3v) is 8.01. The number of hydrogen-bond donors (Lipinski definition) is 2. The first-order valence-corrected chi connectivity index (χ1v) is 12.1. The van der Waals surface area contributed by atoms with Crippen LogP contribution in [0.4, 0.5) is 17.1 Å². The number of aromatic nitrogens is 3. The van der Waals surface area contributed by atoms with Gasteiger partial charge in [-0.25, -0.2) is 9.67 Å². The van der Waals surface area contributed by atoms with Crippen molar-refractivity contribution in [2.45, 2.75) is 44.1 Å². The van der Waals surface area contributed by atoms with E-state index in [4.69, 9.17) is 0 Å². The number of amides is 1. The number of para-hydroxylation sites is 1. The number of carbonyl (C=O) groups excluding carboxylic acids is 1. The average molecular weight is 492 g/mol. The Morgan fingerprint density at radius 3 is 2.41 bits per heavy atom. The van der Waals surface area contributed by atoms with Crippen LogP contribution in [0, 0.1) is 17.3 Å². The molecule has 1 heterocycles. The molecule has 0 unspecified atom stereocenters. The molecule has 7 heteroatoms. The molecule has 4 aliphatic rings. The molecule has 0 spiro atoms. The van der Waals surface area contributed by atoms with Gasteiger partial charge in [-0.2, -0.15) is 0 Å². The molecule has 0 aliphatic heterocycles. The maximum Gasteiger partial charge on any atom is 0.230 e. The number of benzene rings is 2. The van der Waals surface area contributed by atoms with Gasteiger partial charge in [-0.1, -0.05) is 24.3 Å². The maximum absolute atomic E-state index is 13.7. The molecule has 6 nitrogen and oxygen atoms in total. The van der Waals surface area contributed by atoms with Gasteiger partial charge in [0.2, 0.25) is 10.6 Å². The third-order valence-electron chi connectivity index (χ3n) is 7.64. The van der Waals surface area contributed by atoms with E-state index in [1.165, 1.54) is 6.42 Å². The second-order valence-electron chi connectivity index (χ2n) is 9.95. The van der Waals surface area contributed by atoms with E-state index in [9.17, 15) is 4.79 Å². The molecular formula is C25H26BrN5O. The molecule has 4 fully saturated rings. The van der Waals surface area contributed by atoms with Crippen molar-refractivity contribution >= 4 is 38.9 Å². The molecule has 32 heavy (non-hydrogen) atoms. The quantitative estimate of drug-likeness (QED) is 0.478. The standard InChI is InChI=1S/C25H26BrN5O/c26-23-27-16-31(30-23)25-13-17-9-18(14-25)12-24(11-17,15-25)22(32)29-21-8-4-7-20(10-21)28-19-5-2-1-3-6-19/h1-8,10,16-18,28H,9,11-15H2,(H,29,32)/t17-,18-,24?,25?/m0/s1. The lowest BCUT2D eigenvalue weighted by Gasteiger charge is -2.60. The SMILES string of the molecule is O=C(Nc1cccc(Nc2ccccc2)c1)C12C[C@@H]3C[C@@H](C1)CC(n1cnc(Br)n1)(C3)C2. The summed E-state index contributed by atoms with van der Waals surface area (Å²) in [4.78, 5) is 18.0. The molecule has 2 aromatic carbocycles. The number of hydrogen-bond acceptors (Lipinski definition) is 4. The Hall–Kier alpha value is -2.67. The topological polar surface area (TPSA) is 71.8 Å². The first-order chi connectivity index (χ1) is 15.5. The molecule has 4 bridgehead atoms. The Morgan fingerprint density at radius 1 is 0.969 bits per heavy atom. The van der Waals surface area contributed by atoms with E-state index < -0.39 is 0 Å². The minimum atomic E-state index is -0.328. The Balaban J connectivity index is 1.24. The Bertz CT molecular complexity index is 1150. The molecule has 4 aliphatic carbocycles. The maximum atomic E-state index is 13.7. The van der Waals surface area contributed by atoms with Crippen LogP contribution in [-0.2, 0) is 10.3 Å². The van der Waals surface area contributed by atoms with E-state index in [0.29, 0.717) is 16.6 Å². The van der Waals surface area contributed by atoms with Crippen LogP contribution in [0.15, 0.2) is 65.7 Å². The van der Waals surface area contributed by atoms with Gasteiger partial charge >= 0.3 is 0 Å². The van der Waals surface area contributed by atoms with Gasteiger partial charge in [0.15, 0.2) is 0 Å². The molecule has 4 saturated carbocycles. The molecular weight excluding hydrogens is 466 g/mol. The van der Waals surface area contributed by atoms with Crippen molar-refractivity contribution in [3.8, 4) is 0 Å². The predicted molar refractivity (Wildman–Crippen MR) is 128 cm³/mol. The van der Waals surface area contributed by atoms with E-state index >= 15 is 0 Å². The summed E-state index contributed by atoms with van der Waals surface area (Å²) < 4.78 is 2.66. The van der Waals surface area contributed by atoms with Gasteiger partial charge < -0.3 is 10.6 Å². The third kappa shape index (κ3) is 3.43. The van der Waals surface area contributed by atoms with Gasteiger partial charge in [0.05, 0.1) is 11.0 Å². The normalized spacial score (nSPS) is 30.3. The molecule has 3 aromatic rings. The summed E-state index contributed by atoms with van der Waals surface area (Å²) in [6.45, 7) is 0. The summed E-state index contributed by atoms with van der Waals surface area (Å²) in [5, 5.41) is 11.3. The van der Waals surface area contributed by atoms with E-state index in [0.717, 1.165) is 49.2 Å². The highest BCUT2D eigenvalue weighted by molar-refractivity contribution is 9.10. The number of halogens is 1. The lowest BCUT2D eigenvalue weighted by atomic mass is 9.46. The summed E-state index contributed by atoms with van der Waals surface area (Å²) in [7, 11) is 0. The second kappa shape index (κ2) is 7.44. The van der Waals surface area contributed by atoms with Crippen LogP contribution >= 0.6 is 15.9 Å². The van der Waals surface area contributed by atoms with Crippen molar-refractivity contribution in [2.75, 3.05) is 10.6 Å². The van der Waals surface area contributed by atoms with E-state index in [1.54, 1.807) is 0 Å². The lowest BCUT2D eigenvalue weighted by molar-refractivity contribution is -0.150. The second-order valence-corrected chi connectivity index (χ2v) is 10.7. The molecule has 2 atom stereocenters. The van der Waals surface area contributed by atoms with Crippen molar-refractivity contribution in [1.29, 1.82) is 0 Å². The fourth-order valence-corrected chi connectivity index (χ4v) is 7.11. The summed E-state index contributed by atoms with van der Waals surface area (Å²) in [5.74, 6) is 1.32. The van der Waals surface area contributed by atoms with Crippen molar-refractivity contribution in [1.82, 2.24) is 14.8 Å². The summed E-state index contributed by atoms with van der Waals surface area (Å²) >= 11 is 3.40. The van der Waals surface area contributed by atoms with Crippen LogP contribution in [-0.4, -0.2) is 20.7 Å². The number of nitrogens with one attached hydrogen (secondary N) is 2. The zero-order valence-corrected chi connectivity index (χ0v) is 19.4. The molecule has 1 aromatic heterocycles. The first kappa shape index (κ1) is 20.0. The van der Waals surface area contributed by atoms with E-state index in [1.807, 2.05) is 65.6 Å². The van der Waals surface area contributed by atoms with Gasteiger partial charge in [-0.3, -0.25) is 4.79 Å². The van der Waals surface area contributed by atoms with Gasteiger partial charge in [0.1, 0.15) is 6.33 Å². The van der Waals surface area contributed by atoms with Crippen LogP contribution < -0.4 is 10.6 Å². The van der Waals surface area contributed by atoms with Gasteiger partial charge in [0.25, 0.3) is 0 Å². The minimum absolute atomic E-state index is 0.0862. The molecule has 164 valence electrons. The highest BCUT2D eigenvalue weighted by Crippen LogP contribution is 2.64. The molecule has 0 saturated heterocycles. The highest BCUT2D eigenvalue weighted by Gasteiger charge is 2.61. The highest BCUT2D eigenvalue weighted by atomic mass is 79.9. The summed E-state index contributed by atoms with van der Waals surface area (Å²) in [5.41, 5.74) is 2.41. The number of anilines is 3. The molecule has 0 radical (unpaired) electrons. The zero-order chi connectivity index (χ0) is 21.8. The molecule has 1 amide bonds. The van der Waals surface area contributed by atoms with E-state index in [2.05, 4.69) is 36.6 Å². The van der Waals surface area contributed by atoms with Crippen LogP contribution in [0.3, 0.4) is 0 Å². The van der Waals surface area contributed by atoms with Gasteiger partial charge in [0, 0.05) is 17.1 Å². The predicted octanol–water partition coefficient (Wildman–Crippen LogP) is 5.72. The van der Waals surface area contributed by atoms with Gasteiger partial charge in [-0.05, 0) is 96.6 Å². The lowest BCUT2D eigenvalue weighted by Crippen LogP contribution is -2.60. The largest absolute Gasteiger partial charge is 0.355 e. The number of nitrogens with zero attached hydrogens (tertiary/aromatic N) is 3. The van der Waals surface area contributed by atoms with Crippen LogP contribution in [0.5, 0.6) is 0 Å². The van der Waals surface area contributed by atoms with E-state index in [-0.39, 0.29) is 16.9 Å². The smallest absolute Gasteiger partial charge is 0.230 e. The van der Waals surface area contributed by atoms with Crippen molar-refractivity contribution in [2.24, 2.45) is 17.3 Å². The monoisotopic (exact) mass is 491 g/mol. The van der Waals surface area contributed by atoms with Crippen molar-refractivity contribution in [3.05, 3.63) is 65.7 Å². The minimum Gasteiger partial charge on any atom is -0.355 e. The van der Waals surface area contributed by atoms with Crippen molar-refractivity contribution in [3.63, 3.8) is 0 Å². The fourth-order valence-electron chi connectivity index (χ4n) is 6.85. The van der Waals surface area contributed by atoms with Crippen LogP contribution in [0.1, 0.15) is 38.5 Å². The Morgan fingerprint density at radius 2 is 1.69 bits per heavy atom. The number of carbonyl (C=O) groups is 1. The first-order valence-electron chi connectivity index (χ1n) is 11.3. The van der Waals surface area contributed by atoms with Crippen molar-refractivity contribution < 1.29 is 4.79 Å². The Labute approximate surface area is 195 Å². The summed E-state index contributed by atoms with van der Waals surface area (Å²) in [6.07, 6.45) is 8.08. The molecule has 2 N–H and O–H groups in total. The number of rotatable bonds is 5. The van der Waals surface area contributed by atoms with Gasteiger partial charge in [-0.15, -0.1) is 5.10 Å². The van der Waals surface area contributed by atoms with Crippen LogP contribution in [0.2, 0.25) is 0 Å². The van der Waals surface area contributed by atoms with Crippen LogP contribution in [0.25, 0.3) is 0 Å². The molecule has 7 rings (SSSR count). The summed E-state index contributed by atoms with van der Waals surface area (Å²) in [6, 6.07) is 18.0. The zero-order valence-electron chi connectivity index (χ0n) is 17.8. The average Bonchev–Trinajstić information content (AvgIpc) is 3.21.